The Morgan fingerprint density at radius 1 is 1.50 bits per heavy atom. The summed E-state index contributed by atoms with van der Waals surface area (Å²) in [5, 5.41) is 2.87. The van der Waals surface area contributed by atoms with Crippen LogP contribution in [0.4, 0.5) is 5.69 Å². The maximum Gasteiger partial charge on any atom is 0.291 e. The summed E-state index contributed by atoms with van der Waals surface area (Å²) in [4.78, 5) is 0. The SMILES string of the molecule is C[P@]1(=O)Nc2ccccc2CO1. The van der Waals surface area contributed by atoms with Crippen LogP contribution in [0.2, 0.25) is 0 Å². The summed E-state index contributed by atoms with van der Waals surface area (Å²) in [6.45, 7) is 2.03. The molecule has 0 fully saturated rings. The molecule has 0 bridgehead atoms. The summed E-state index contributed by atoms with van der Waals surface area (Å²) >= 11 is 0. The molecule has 0 aliphatic carbocycles. The zero-order valence-electron chi connectivity index (χ0n) is 6.78. The van der Waals surface area contributed by atoms with Gasteiger partial charge in [-0.2, -0.15) is 0 Å². The molecule has 1 aromatic rings. The monoisotopic (exact) mass is 183 g/mol. The molecule has 0 saturated carbocycles. The van der Waals surface area contributed by atoms with E-state index in [2.05, 4.69) is 5.09 Å². The number of hydrogen-bond donors (Lipinski definition) is 1. The Morgan fingerprint density at radius 3 is 3.08 bits per heavy atom. The second kappa shape index (κ2) is 2.61. The van der Waals surface area contributed by atoms with E-state index in [1.807, 2.05) is 24.3 Å². The lowest BCUT2D eigenvalue weighted by atomic mass is 10.2. The minimum atomic E-state index is -2.57. The van der Waals surface area contributed by atoms with E-state index in [9.17, 15) is 4.57 Å². The zero-order valence-corrected chi connectivity index (χ0v) is 7.67. The van der Waals surface area contributed by atoms with Gasteiger partial charge in [-0.1, -0.05) is 18.2 Å². The van der Waals surface area contributed by atoms with Crippen LogP contribution in [0, 0.1) is 0 Å². The van der Waals surface area contributed by atoms with E-state index in [1.54, 1.807) is 6.66 Å². The van der Waals surface area contributed by atoms with Crippen molar-refractivity contribution in [3.05, 3.63) is 29.8 Å². The van der Waals surface area contributed by atoms with Gasteiger partial charge in [0.1, 0.15) is 0 Å². The quantitative estimate of drug-likeness (QED) is 0.628. The van der Waals surface area contributed by atoms with E-state index in [1.165, 1.54) is 0 Å². The highest BCUT2D eigenvalue weighted by atomic mass is 31.2. The first-order chi connectivity index (χ1) is 5.67. The maximum absolute atomic E-state index is 11.5. The van der Waals surface area contributed by atoms with Crippen molar-refractivity contribution in [1.29, 1.82) is 0 Å². The average Bonchev–Trinajstić information content (AvgIpc) is 2.02. The molecule has 3 nitrogen and oxygen atoms in total. The van der Waals surface area contributed by atoms with E-state index in [0.717, 1.165) is 11.3 Å². The predicted molar refractivity (Wildman–Crippen MR) is 48.4 cm³/mol. The minimum absolute atomic E-state index is 0.441. The molecule has 0 unspecified atom stereocenters. The topological polar surface area (TPSA) is 38.3 Å². The molecule has 1 atom stereocenters. The van der Waals surface area contributed by atoms with E-state index in [4.69, 9.17) is 4.52 Å². The van der Waals surface area contributed by atoms with Gasteiger partial charge in [-0.25, -0.2) is 0 Å². The lowest BCUT2D eigenvalue weighted by molar-refractivity contribution is 0.305. The number of benzene rings is 1. The van der Waals surface area contributed by atoms with Gasteiger partial charge in [0.25, 0.3) is 7.52 Å². The Kier molecular flexibility index (Phi) is 1.71. The molecular weight excluding hydrogens is 173 g/mol. The zero-order chi connectivity index (χ0) is 8.60. The van der Waals surface area contributed by atoms with Gasteiger partial charge in [0.2, 0.25) is 0 Å². The third-order valence-electron chi connectivity index (χ3n) is 1.81. The van der Waals surface area contributed by atoms with Crippen LogP contribution >= 0.6 is 7.52 Å². The highest BCUT2D eigenvalue weighted by molar-refractivity contribution is 7.59. The van der Waals surface area contributed by atoms with Crippen LogP contribution in [0.1, 0.15) is 5.56 Å². The molecule has 12 heavy (non-hydrogen) atoms. The summed E-state index contributed by atoms with van der Waals surface area (Å²) in [5.41, 5.74) is 1.99. The van der Waals surface area contributed by atoms with E-state index in [0.29, 0.717) is 6.61 Å². The van der Waals surface area contributed by atoms with Crippen LogP contribution in [-0.4, -0.2) is 6.66 Å². The van der Waals surface area contributed by atoms with Crippen LogP contribution in [0.5, 0.6) is 0 Å². The Bertz CT molecular complexity index is 351. The summed E-state index contributed by atoms with van der Waals surface area (Å²) in [6.07, 6.45) is 0. The van der Waals surface area contributed by atoms with Crippen LogP contribution in [-0.2, 0) is 15.7 Å². The Morgan fingerprint density at radius 2 is 2.25 bits per heavy atom. The van der Waals surface area contributed by atoms with Crippen molar-refractivity contribution in [2.45, 2.75) is 6.61 Å². The van der Waals surface area contributed by atoms with Gasteiger partial charge >= 0.3 is 0 Å². The lowest BCUT2D eigenvalue weighted by Crippen LogP contribution is -2.08. The van der Waals surface area contributed by atoms with Crippen molar-refractivity contribution in [1.82, 2.24) is 0 Å². The molecule has 2 rings (SSSR count). The largest absolute Gasteiger partial charge is 0.315 e. The van der Waals surface area contributed by atoms with E-state index >= 15 is 0 Å². The number of fused-ring (bicyclic) bond motifs is 1. The normalized spacial score (nSPS) is 27.4. The third kappa shape index (κ3) is 1.38. The number of hydrogen-bond acceptors (Lipinski definition) is 2. The van der Waals surface area contributed by atoms with Gasteiger partial charge in [0, 0.05) is 17.9 Å². The summed E-state index contributed by atoms with van der Waals surface area (Å²) in [7, 11) is -2.57. The first-order valence-corrected chi connectivity index (χ1v) is 5.83. The van der Waals surface area contributed by atoms with Crippen molar-refractivity contribution in [2.75, 3.05) is 11.8 Å². The molecule has 1 aliphatic heterocycles. The molecule has 4 heteroatoms. The van der Waals surface area contributed by atoms with Crippen molar-refractivity contribution in [3.63, 3.8) is 0 Å². The number of rotatable bonds is 0. The molecule has 1 heterocycles. The van der Waals surface area contributed by atoms with Gasteiger partial charge in [0.15, 0.2) is 0 Å². The molecule has 1 aromatic carbocycles. The molecule has 0 spiro atoms. The van der Waals surface area contributed by atoms with Crippen molar-refractivity contribution in [3.8, 4) is 0 Å². The summed E-state index contributed by atoms with van der Waals surface area (Å²) in [5.74, 6) is 0. The number of para-hydroxylation sites is 1. The van der Waals surface area contributed by atoms with E-state index < -0.39 is 7.52 Å². The predicted octanol–water partition coefficient (Wildman–Crippen LogP) is 2.45. The first-order valence-electron chi connectivity index (χ1n) is 3.76. The fourth-order valence-electron chi connectivity index (χ4n) is 1.20. The standard InChI is InChI=1S/C8H10NO2P/c1-12(10)9-8-5-3-2-4-7(8)6-11-12/h2-5H,6H2,1H3,(H,9,10)/t12-/m1/s1. The molecule has 64 valence electrons. The van der Waals surface area contributed by atoms with Crippen molar-refractivity contribution >= 4 is 13.2 Å². The van der Waals surface area contributed by atoms with Gasteiger partial charge in [-0.3, -0.25) is 4.57 Å². The van der Waals surface area contributed by atoms with Gasteiger partial charge in [-0.15, -0.1) is 0 Å². The second-order valence-electron chi connectivity index (χ2n) is 2.89. The number of nitrogens with one attached hydrogen (secondary N) is 1. The van der Waals surface area contributed by atoms with Crippen LogP contribution in [0.3, 0.4) is 0 Å². The average molecular weight is 183 g/mol. The Balaban J connectivity index is 2.42. The minimum Gasteiger partial charge on any atom is -0.315 e. The van der Waals surface area contributed by atoms with Crippen molar-refractivity contribution < 1.29 is 9.09 Å². The Labute approximate surface area is 71.3 Å². The van der Waals surface area contributed by atoms with Crippen LogP contribution < -0.4 is 5.09 Å². The number of anilines is 1. The lowest BCUT2D eigenvalue weighted by Gasteiger charge is -2.23. The highest BCUT2D eigenvalue weighted by Gasteiger charge is 2.22. The second-order valence-corrected chi connectivity index (χ2v) is 5.06. The van der Waals surface area contributed by atoms with Crippen LogP contribution in [0.15, 0.2) is 24.3 Å². The first kappa shape index (κ1) is 7.84. The van der Waals surface area contributed by atoms with Gasteiger partial charge in [-0.05, 0) is 6.07 Å². The van der Waals surface area contributed by atoms with Crippen LogP contribution in [0.25, 0.3) is 0 Å². The molecule has 0 aromatic heterocycles. The molecule has 0 amide bonds. The van der Waals surface area contributed by atoms with Gasteiger partial charge < -0.3 is 9.61 Å². The van der Waals surface area contributed by atoms with Crippen molar-refractivity contribution in [2.24, 2.45) is 0 Å². The third-order valence-corrected chi connectivity index (χ3v) is 3.08. The Hall–Kier alpha value is -0.790. The molecule has 1 aliphatic rings. The fraction of sp³-hybridized carbons (Fsp3) is 0.250. The molecule has 0 radical (unpaired) electrons. The summed E-state index contributed by atoms with van der Waals surface area (Å²) < 4.78 is 16.6. The molecule has 1 N–H and O–H groups in total. The fourth-order valence-corrected chi connectivity index (χ4v) is 2.30. The smallest absolute Gasteiger partial charge is 0.291 e. The highest BCUT2D eigenvalue weighted by Crippen LogP contribution is 2.47. The molecule has 0 saturated heterocycles. The van der Waals surface area contributed by atoms with E-state index in [-0.39, 0.29) is 0 Å². The maximum atomic E-state index is 11.5. The molecular formula is C8H10NO2P. The van der Waals surface area contributed by atoms with Gasteiger partial charge in [0.05, 0.1) is 6.61 Å². The summed E-state index contributed by atoms with van der Waals surface area (Å²) in [6, 6.07) is 7.72.